The summed E-state index contributed by atoms with van der Waals surface area (Å²) in [5, 5.41) is 1.22. The quantitative estimate of drug-likeness (QED) is 0.396. The lowest BCUT2D eigenvalue weighted by molar-refractivity contribution is 0.921. The fourth-order valence-corrected chi connectivity index (χ4v) is 3.96. The number of anilines is 1. The maximum Gasteiger partial charge on any atom is 0.0747 e. The van der Waals surface area contributed by atoms with Crippen molar-refractivity contribution in [2.75, 3.05) is 19.0 Å². The van der Waals surface area contributed by atoms with Gasteiger partial charge in [0, 0.05) is 36.3 Å². The summed E-state index contributed by atoms with van der Waals surface area (Å²) in [5.41, 5.74) is 8.48. The highest BCUT2D eigenvalue weighted by molar-refractivity contribution is 6.02. The molecule has 0 spiro atoms. The Morgan fingerprint density at radius 2 is 1.46 bits per heavy atom. The van der Waals surface area contributed by atoms with E-state index in [0.717, 1.165) is 24.1 Å². The van der Waals surface area contributed by atoms with Gasteiger partial charge >= 0.3 is 0 Å². The highest BCUT2D eigenvalue weighted by atomic mass is 15.1. The molecule has 0 amide bonds. The first-order valence-corrected chi connectivity index (χ1v) is 9.94. The van der Waals surface area contributed by atoms with E-state index in [0.29, 0.717) is 0 Å². The van der Waals surface area contributed by atoms with Gasteiger partial charge < -0.3 is 4.90 Å². The Bertz CT molecular complexity index is 1100. The van der Waals surface area contributed by atoms with E-state index in [-0.39, 0.29) is 0 Å². The Hall–Kier alpha value is -3.13. The number of aromatic nitrogens is 1. The molecule has 4 rings (SSSR count). The second-order valence-electron chi connectivity index (χ2n) is 7.36. The topological polar surface area (TPSA) is 16.1 Å². The third-order valence-corrected chi connectivity index (χ3v) is 5.20. The van der Waals surface area contributed by atoms with Crippen LogP contribution in [0.3, 0.4) is 0 Å². The van der Waals surface area contributed by atoms with Crippen LogP contribution in [0.15, 0.2) is 78.9 Å². The molecule has 1 heterocycles. The van der Waals surface area contributed by atoms with Crippen LogP contribution in [-0.4, -0.2) is 19.1 Å². The fraction of sp³-hybridized carbons (Fsp3) is 0.192. The molecular weight excluding hydrogens is 340 g/mol. The lowest BCUT2D eigenvalue weighted by atomic mass is 9.89. The van der Waals surface area contributed by atoms with Gasteiger partial charge in [0.15, 0.2) is 0 Å². The number of rotatable bonds is 5. The molecule has 0 radical (unpaired) electrons. The molecule has 140 valence electrons. The van der Waals surface area contributed by atoms with E-state index in [1.54, 1.807) is 0 Å². The molecular formula is C26H26N2. The van der Waals surface area contributed by atoms with Crippen LogP contribution in [0.2, 0.25) is 0 Å². The number of pyridine rings is 1. The standard InChI is InChI=1S/C26H26N2/c1-4-12-22-25(21-16-9-11-18-24(21)28(2)3)20-15-8-10-17-23(20)27-26(22)19-13-6-5-7-14-19/h5-11,13-18H,4,12H2,1-3H3. The summed E-state index contributed by atoms with van der Waals surface area (Å²) < 4.78 is 0. The Balaban J connectivity index is 2.14. The molecule has 0 unspecified atom stereocenters. The van der Waals surface area contributed by atoms with Crippen molar-refractivity contribution in [2.45, 2.75) is 19.8 Å². The number of hydrogen-bond donors (Lipinski definition) is 0. The maximum absolute atomic E-state index is 5.11. The van der Waals surface area contributed by atoms with Crippen molar-refractivity contribution in [3.05, 3.63) is 84.4 Å². The van der Waals surface area contributed by atoms with Crippen molar-refractivity contribution < 1.29 is 0 Å². The van der Waals surface area contributed by atoms with Gasteiger partial charge in [0.2, 0.25) is 0 Å². The van der Waals surface area contributed by atoms with Crippen LogP contribution < -0.4 is 4.90 Å². The predicted molar refractivity (Wildman–Crippen MR) is 121 cm³/mol. The Labute approximate surface area is 167 Å². The molecule has 0 aliphatic rings. The Morgan fingerprint density at radius 3 is 2.21 bits per heavy atom. The van der Waals surface area contributed by atoms with Gasteiger partial charge in [-0.25, -0.2) is 4.98 Å². The van der Waals surface area contributed by atoms with Crippen LogP contribution >= 0.6 is 0 Å². The number of para-hydroxylation sites is 2. The largest absolute Gasteiger partial charge is 0.377 e. The van der Waals surface area contributed by atoms with Crippen LogP contribution in [0.5, 0.6) is 0 Å². The molecule has 0 aliphatic heterocycles. The first kappa shape index (κ1) is 18.2. The molecule has 3 aromatic carbocycles. The predicted octanol–water partition coefficient (Wildman–Crippen LogP) is 6.59. The van der Waals surface area contributed by atoms with Gasteiger partial charge in [-0.3, -0.25) is 0 Å². The Morgan fingerprint density at radius 1 is 0.786 bits per heavy atom. The molecule has 0 fully saturated rings. The lowest BCUT2D eigenvalue weighted by Gasteiger charge is -2.22. The maximum atomic E-state index is 5.11. The summed E-state index contributed by atoms with van der Waals surface area (Å²) in [7, 11) is 4.22. The molecule has 4 aromatic rings. The minimum atomic E-state index is 0.999. The van der Waals surface area contributed by atoms with E-state index in [9.17, 15) is 0 Å². The van der Waals surface area contributed by atoms with Gasteiger partial charge in [0.05, 0.1) is 11.2 Å². The van der Waals surface area contributed by atoms with Crippen molar-refractivity contribution >= 4 is 16.6 Å². The normalized spacial score (nSPS) is 11.0. The minimum Gasteiger partial charge on any atom is -0.377 e. The molecule has 0 saturated heterocycles. The molecule has 0 bridgehead atoms. The molecule has 0 aliphatic carbocycles. The third-order valence-electron chi connectivity index (χ3n) is 5.20. The van der Waals surface area contributed by atoms with Crippen LogP contribution in [-0.2, 0) is 6.42 Å². The van der Waals surface area contributed by atoms with Crippen molar-refractivity contribution in [1.29, 1.82) is 0 Å². The van der Waals surface area contributed by atoms with E-state index in [1.165, 1.54) is 33.3 Å². The summed E-state index contributed by atoms with van der Waals surface area (Å²) in [4.78, 5) is 7.31. The van der Waals surface area contributed by atoms with Gasteiger partial charge in [0.1, 0.15) is 0 Å². The molecule has 28 heavy (non-hydrogen) atoms. The third kappa shape index (κ3) is 3.27. The van der Waals surface area contributed by atoms with Crippen LogP contribution in [0.1, 0.15) is 18.9 Å². The molecule has 2 heteroatoms. The first-order chi connectivity index (χ1) is 13.7. The molecule has 1 aromatic heterocycles. The summed E-state index contributed by atoms with van der Waals surface area (Å²) >= 11 is 0. The molecule has 2 nitrogen and oxygen atoms in total. The molecule has 0 atom stereocenters. The zero-order chi connectivity index (χ0) is 19.5. The van der Waals surface area contributed by atoms with E-state index in [1.807, 2.05) is 0 Å². The van der Waals surface area contributed by atoms with E-state index in [2.05, 4.69) is 105 Å². The van der Waals surface area contributed by atoms with Crippen molar-refractivity contribution in [1.82, 2.24) is 4.98 Å². The second-order valence-corrected chi connectivity index (χ2v) is 7.36. The number of nitrogens with zero attached hydrogens (tertiary/aromatic N) is 2. The summed E-state index contributed by atoms with van der Waals surface area (Å²) in [5.74, 6) is 0. The van der Waals surface area contributed by atoms with E-state index in [4.69, 9.17) is 4.98 Å². The molecule has 0 N–H and O–H groups in total. The lowest BCUT2D eigenvalue weighted by Crippen LogP contribution is -2.10. The van der Waals surface area contributed by atoms with Gasteiger partial charge in [-0.1, -0.05) is 80.1 Å². The minimum absolute atomic E-state index is 0.999. The monoisotopic (exact) mass is 366 g/mol. The summed E-state index contributed by atoms with van der Waals surface area (Å²) in [6.07, 6.45) is 2.08. The van der Waals surface area contributed by atoms with Gasteiger partial charge in [-0.15, -0.1) is 0 Å². The zero-order valence-corrected chi connectivity index (χ0v) is 16.8. The summed E-state index contributed by atoms with van der Waals surface area (Å²) in [6.45, 7) is 2.24. The van der Waals surface area contributed by atoms with Crippen LogP contribution in [0.4, 0.5) is 5.69 Å². The highest BCUT2D eigenvalue weighted by Gasteiger charge is 2.19. The molecule has 0 saturated carbocycles. The number of benzene rings is 3. The fourth-order valence-electron chi connectivity index (χ4n) is 3.96. The van der Waals surface area contributed by atoms with Crippen LogP contribution in [0.25, 0.3) is 33.3 Å². The van der Waals surface area contributed by atoms with E-state index >= 15 is 0 Å². The van der Waals surface area contributed by atoms with Crippen molar-refractivity contribution in [3.63, 3.8) is 0 Å². The second kappa shape index (κ2) is 7.85. The van der Waals surface area contributed by atoms with Crippen molar-refractivity contribution in [3.8, 4) is 22.4 Å². The van der Waals surface area contributed by atoms with Gasteiger partial charge in [0.25, 0.3) is 0 Å². The Kier molecular flexibility index (Phi) is 5.12. The smallest absolute Gasteiger partial charge is 0.0747 e. The SMILES string of the molecule is CCCc1c(-c2ccccc2)nc2ccccc2c1-c1ccccc1N(C)C. The van der Waals surface area contributed by atoms with Gasteiger partial charge in [-0.2, -0.15) is 0 Å². The first-order valence-electron chi connectivity index (χ1n) is 9.94. The van der Waals surface area contributed by atoms with Crippen LogP contribution in [0, 0.1) is 0 Å². The summed E-state index contributed by atoms with van der Waals surface area (Å²) in [6, 6.07) is 27.8. The van der Waals surface area contributed by atoms with Gasteiger partial charge in [-0.05, 0) is 29.7 Å². The number of hydrogen-bond acceptors (Lipinski definition) is 2. The van der Waals surface area contributed by atoms with E-state index < -0.39 is 0 Å². The highest BCUT2D eigenvalue weighted by Crippen LogP contribution is 2.41. The zero-order valence-electron chi connectivity index (χ0n) is 16.8. The average molecular weight is 367 g/mol. The number of fused-ring (bicyclic) bond motifs is 1. The van der Waals surface area contributed by atoms with Crippen molar-refractivity contribution in [2.24, 2.45) is 0 Å². The average Bonchev–Trinajstić information content (AvgIpc) is 2.74.